The smallest absolute Gasteiger partial charge is 0.169 e. The van der Waals surface area contributed by atoms with Crippen molar-refractivity contribution in [3.63, 3.8) is 0 Å². The zero-order chi connectivity index (χ0) is 12.8. The molecule has 1 aromatic rings. The van der Waals surface area contributed by atoms with E-state index in [0.29, 0.717) is 17.1 Å². The van der Waals surface area contributed by atoms with Gasteiger partial charge in [-0.1, -0.05) is 20.3 Å². The number of benzene rings is 1. The van der Waals surface area contributed by atoms with Gasteiger partial charge in [-0.05, 0) is 18.6 Å². The van der Waals surface area contributed by atoms with E-state index in [4.69, 9.17) is 9.47 Å². The summed E-state index contributed by atoms with van der Waals surface area (Å²) in [7, 11) is 3.16. The van der Waals surface area contributed by atoms with Gasteiger partial charge in [-0.3, -0.25) is 4.79 Å². The fourth-order valence-corrected chi connectivity index (χ4v) is 1.83. The third-order valence-corrected chi connectivity index (χ3v) is 2.84. The molecule has 1 rings (SSSR count). The van der Waals surface area contributed by atoms with E-state index in [1.165, 1.54) is 0 Å². The van der Waals surface area contributed by atoms with Gasteiger partial charge in [0.05, 0.1) is 19.8 Å². The molecule has 0 bridgehead atoms. The van der Waals surface area contributed by atoms with Crippen molar-refractivity contribution in [1.82, 2.24) is 0 Å². The quantitative estimate of drug-likeness (QED) is 0.711. The Kier molecular flexibility index (Phi) is 5.01. The number of hydrogen-bond donors (Lipinski definition) is 0. The molecule has 0 N–H and O–H groups in total. The summed E-state index contributed by atoms with van der Waals surface area (Å²) >= 11 is 0. The summed E-state index contributed by atoms with van der Waals surface area (Å²) in [6, 6.07) is 5.30. The maximum atomic E-state index is 12.2. The van der Waals surface area contributed by atoms with Gasteiger partial charge < -0.3 is 9.47 Å². The average molecular weight is 236 g/mol. The Morgan fingerprint density at radius 1 is 1.29 bits per heavy atom. The van der Waals surface area contributed by atoms with Crippen LogP contribution >= 0.6 is 0 Å². The van der Waals surface area contributed by atoms with Crippen LogP contribution in [-0.4, -0.2) is 20.0 Å². The summed E-state index contributed by atoms with van der Waals surface area (Å²) in [4.78, 5) is 12.2. The normalized spacial score (nSPS) is 12.0. The number of Topliss-reactive ketones (excluding diaryl/α,β-unsaturated/α-hetero) is 1. The molecule has 1 unspecified atom stereocenters. The van der Waals surface area contributed by atoms with Gasteiger partial charge in [0.25, 0.3) is 0 Å². The van der Waals surface area contributed by atoms with Crippen molar-refractivity contribution in [3.8, 4) is 11.5 Å². The van der Waals surface area contributed by atoms with E-state index in [1.807, 2.05) is 6.92 Å². The molecular weight excluding hydrogens is 216 g/mol. The van der Waals surface area contributed by atoms with Gasteiger partial charge in [0.15, 0.2) is 5.78 Å². The van der Waals surface area contributed by atoms with Crippen molar-refractivity contribution in [2.75, 3.05) is 14.2 Å². The zero-order valence-corrected chi connectivity index (χ0v) is 10.9. The van der Waals surface area contributed by atoms with Crippen molar-refractivity contribution in [2.45, 2.75) is 26.7 Å². The number of rotatable bonds is 6. The van der Waals surface area contributed by atoms with E-state index in [1.54, 1.807) is 32.4 Å². The minimum Gasteiger partial charge on any atom is -0.497 e. The van der Waals surface area contributed by atoms with E-state index in [9.17, 15) is 4.79 Å². The first-order valence-electron chi connectivity index (χ1n) is 5.90. The van der Waals surface area contributed by atoms with Crippen molar-refractivity contribution in [2.24, 2.45) is 5.92 Å². The highest BCUT2D eigenvalue weighted by molar-refractivity contribution is 6.00. The number of carbonyl (C=O) groups is 1. The molecule has 3 nitrogen and oxygen atoms in total. The average Bonchev–Trinajstić information content (AvgIpc) is 2.37. The molecule has 0 spiro atoms. The number of ketones is 1. The van der Waals surface area contributed by atoms with Crippen LogP contribution in [-0.2, 0) is 0 Å². The fraction of sp³-hybridized carbons (Fsp3) is 0.500. The van der Waals surface area contributed by atoms with Crippen molar-refractivity contribution in [1.29, 1.82) is 0 Å². The van der Waals surface area contributed by atoms with E-state index in [0.717, 1.165) is 12.8 Å². The second-order valence-electron chi connectivity index (χ2n) is 4.12. The fourth-order valence-electron chi connectivity index (χ4n) is 1.83. The minimum atomic E-state index is 0.0299. The lowest BCUT2D eigenvalue weighted by molar-refractivity contribution is 0.0920. The molecule has 1 aromatic carbocycles. The minimum absolute atomic E-state index is 0.0299. The van der Waals surface area contributed by atoms with Gasteiger partial charge in [-0.25, -0.2) is 0 Å². The van der Waals surface area contributed by atoms with Crippen LogP contribution in [0.2, 0.25) is 0 Å². The standard InChI is InChI=1S/C14H20O3/c1-5-6-10(2)14(15)12-8-7-11(16-3)9-13(12)17-4/h7-10H,5-6H2,1-4H3. The largest absolute Gasteiger partial charge is 0.497 e. The van der Waals surface area contributed by atoms with Crippen LogP contribution in [0.5, 0.6) is 11.5 Å². The van der Waals surface area contributed by atoms with E-state index in [-0.39, 0.29) is 11.7 Å². The second-order valence-corrected chi connectivity index (χ2v) is 4.12. The van der Waals surface area contributed by atoms with Crippen LogP contribution < -0.4 is 9.47 Å². The molecular formula is C14H20O3. The molecule has 0 saturated carbocycles. The van der Waals surface area contributed by atoms with Crippen LogP contribution in [0, 0.1) is 5.92 Å². The first kappa shape index (κ1) is 13.6. The lowest BCUT2D eigenvalue weighted by Crippen LogP contribution is -2.12. The van der Waals surface area contributed by atoms with Crippen LogP contribution in [0.4, 0.5) is 0 Å². The molecule has 0 aliphatic rings. The molecule has 0 amide bonds. The Morgan fingerprint density at radius 3 is 2.53 bits per heavy atom. The van der Waals surface area contributed by atoms with Crippen molar-refractivity contribution >= 4 is 5.78 Å². The number of methoxy groups -OCH3 is 2. The lowest BCUT2D eigenvalue weighted by atomic mass is 9.95. The Hall–Kier alpha value is -1.51. The highest BCUT2D eigenvalue weighted by Crippen LogP contribution is 2.27. The SMILES string of the molecule is CCCC(C)C(=O)c1ccc(OC)cc1OC. The van der Waals surface area contributed by atoms with Gasteiger partial charge in [-0.15, -0.1) is 0 Å². The van der Waals surface area contributed by atoms with Gasteiger partial charge in [0, 0.05) is 12.0 Å². The summed E-state index contributed by atoms with van der Waals surface area (Å²) in [6.45, 7) is 4.03. The van der Waals surface area contributed by atoms with Crippen LogP contribution in [0.25, 0.3) is 0 Å². The predicted molar refractivity (Wildman–Crippen MR) is 67.9 cm³/mol. The molecule has 0 saturated heterocycles. The maximum absolute atomic E-state index is 12.2. The molecule has 0 aromatic heterocycles. The Labute approximate surface area is 103 Å². The van der Waals surface area contributed by atoms with E-state index < -0.39 is 0 Å². The summed E-state index contributed by atoms with van der Waals surface area (Å²) in [5.74, 6) is 1.44. The molecule has 94 valence electrons. The van der Waals surface area contributed by atoms with Crippen molar-refractivity contribution < 1.29 is 14.3 Å². The predicted octanol–water partition coefficient (Wildman–Crippen LogP) is 3.32. The molecule has 0 aliphatic heterocycles. The molecule has 0 fully saturated rings. The highest BCUT2D eigenvalue weighted by Gasteiger charge is 2.18. The third-order valence-electron chi connectivity index (χ3n) is 2.84. The topological polar surface area (TPSA) is 35.5 Å². The molecule has 0 radical (unpaired) electrons. The molecule has 1 atom stereocenters. The summed E-state index contributed by atoms with van der Waals surface area (Å²) in [5, 5.41) is 0. The Bertz CT molecular complexity index is 385. The monoisotopic (exact) mass is 236 g/mol. The number of carbonyl (C=O) groups excluding carboxylic acids is 1. The second kappa shape index (κ2) is 6.28. The van der Waals surface area contributed by atoms with Crippen LogP contribution in [0.15, 0.2) is 18.2 Å². The van der Waals surface area contributed by atoms with Gasteiger partial charge in [0.1, 0.15) is 11.5 Å². The number of hydrogen-bond acceptors (Lipinski definition) is 3. The summed E-state index contributed by atoms with van der Waals surface area (Å²) < 4.78 is 10.3. The van der Waals surface area contributed by atoms with Gasteiger partial charge in [-0.2, -0.15) is 0 Å². The van der Waals surface area contributed by atoms with Crippen LogP contribution in [0.3, 0.4) is 0 Å². The Morgan fingerprint density at radius 2 is 2.00 bits per heavy atom. The summed E-state index contributed by atoms with van der Waals surface area (Å²) in [5.41, 5.74) is 0.634. The lowest BCUT2D eigenvalue weighted by Gasteiger charge is -2.13. The number of ether oxygens (including phenoxy) is 2. The van der Waals surface area contributed by atoms with E-state index in [2.05, 4.69) is 6.92 Å². The highest BCUT2D eigenvalue weighted by atomic mass is 16.5. The third kappa shape index (κ3) is 3.22. The van der Waals surface area contributed by atoms with Gasteiger partial charge >= 0.3 is 0 Å². The summed E-state index contributed by atoms with van der Waals surface area (Å²) in [6.07, 6.45) is 1.90. The molecule has 17 heavy (non-hydrogen) atoms. The van der Waals surface area contributed by atoms with E-state index >= 15 is 0 Å². The molecule has 0 aliphatic carbocycles. The first-order valence-corrected chi connectivity index (χ1v) is 5.90. The zero-order valence-electron chi connectivity index (χ0n) is 10.9. The molecule has 0 heterocycles. The van der Waals surface area contributed by atoms with Crippen LogP contribution in [0.1, 0.15) is 37.0 Å². The maximum Gasteiger partial charge on any atom is 0.169 e. The van der Waals surface area contributed by atoms with Gasteiger partial charge in [0.2, 0.25) is 0 Å². The van der Waals surface area contributed by atoms with Crippen molar-refractivity contribution in [3.05, 3.63) is 23.8 Å². The Balaban J connectivity index is 3.00. The first-order chi connectivity index (χ1) is 8.13. The molecule has 3 heteroatoms.